The number of likely N-dealkylation sites (tertiary alicyclic amines) is 1. The maximum Gasteiger partial charge on any atom is 0.317 e. The molecule has 1 heterocycles. The Morgan fingerprint density at radius 2 is 2.00 bits per heavy atom. The Kier molecular flexibility index (Phi) is 3.31. The van der Waals surface area contributed by atoms with E-state index < -0.39 is 0 Å². The average Bonchev–Trinajstić information content (AvgIpc) is 3.12. The molecule has 5 nitrogen and oxygen atoms in total. The third-order valence-electron chi connectivity index (χ3n) is 3.23. The van der Waals surface area contributed by atoms with Crippen molar-refractivity contribution in [1.82, 2.24) is 15.5 Å². The van der Waals surface area contributed by atoms with Crippen LogP contribution in [0.3, 0.4) is 0 Å². The molecule has 0 aromatic heterocycles. The van der Waals surface area contributed by atoms with Gasteiger partial charge in [0.2, 0.25) is 5.91 Å². The molecular weight excluding hydrogens is 206 g/mol. The first-order valence-corrected chi connectivity index (χ1v) is 5.97. The van der Waals surface area contributed by atoms with Gasteiger partial charge in [-0.3, -0.25) is 4.79 Å². The summed E-state index contributed by atoms with van der Waals surface area (Å²) < 4.78 is 0. The smallest absolute Gasteiger partial charge is 0.317 e. The summed E-state index contributed by atoms with van der Waals surface area (Å²) in [6.45, 7) is 1.32. The highest BCUT2D eigenvalue weighted by molar-refractivity contribution is 5.80. The number of piperidine rings is 1. The Labute approximate surface area is 95.6 Å². The topological polar surface area (TPSA) is 61.4 Å². The molecule has 2 N–H and O–H groups in total. The van der Waals surface area contributed by atoms with Crippen molar-refractivity contribution in [2.24, 2.45) is 5.92 Å². The fourth-order valence-corrected chi connectivity index (χ4v) is 2.07. The quantitative estimate of drug-likeness (QED) is 0.711. The molecule has 3 amide bonds. The van der Waals surface area contributed by atoms with Gasteiger partial charge in [0.05, 0.1) is 5.92 Å². The number of carbonyl (C=O) groups is 2. The van der Waals surface area contributed by atoms with Crippen LogP contribution < -0.4 is 10.6 Å². The van der Waals surface area contributed by atoms with Gasteiger partial charge < -0.3 is 15.5 Å². The molecule has 2 fully saturated rings. The van der Waals surface area contributed by atoms with E-state index in [1.807, 2.05) is 0 Å². The van der Waals surface area contributed by atoms with Crippen molar-refractivity contribution in [2.75, 3.05) is 20.1 Å². The van der Waals surface area contributed by atoms with E-state index in [9.17, 15) is 9.59 Å². The van der Waals surface area contributed by atoms with Crippen molar-refractivity contribution in [1.29, 1.82) is 0 Å². The highest BCUT2D eigenvalue weighted by atomic mass is 16.2. The van der Waals surface area contributed by atoms with Crippen molar-refractivity contribution in [3.05, 3.63) is 0 Å². The van der Waals surface area contributed by atoms with Crippen molar-refractivity contribution < 1.29 is 9.59 Å². The molecular formula is C11H19N3O2. The minimum absolute atomic E-state index is 0.00361. The van der Waals surface area contributed by atoms with E-state index in [1.54, 1.807) is 11.9 Å². The molecule has 90 valence electrons. The third kappa shape index (κ3) is 2.65. The molecule has 1 aliphatic carbocycles. The maximum atomic E-state index is 11.8. The Morgan fingerprint density at radius 1 is 1.25 bits per heavy atom. The Balaban J connectivity index is 1.85. The Hall–Kier alpha value is -1.26. The number of nitrogens with one attached hydrogen (secondary N) is 2. The maximum absolute atomic E-state index is 11.8. The Bertz CT molecular complexity index is 289. The zero-order chi connectivity index (χ0) is 11.5. The van der Waals surface area contributed by atoms with E-state index in [2.05, 4.69) is 10.6 Å². The van der Waals surface area contributed by atoms with Crippen LogP contribution in [0.1, 0.15) is 25.7 Å². The minimum atomic E-state index is -0.0382. The van der Waals surface area contributed by atoms with Crippen molar-refractivity contribution >= 4 is 11.9 Å². The van der Waals surface area contributed by atoms with Gasteiger partial charge in [0.15, 0.2) is 0 Å². The summed E-state index contributed by atoms with van der Waals surface area (Å²) in [6.07, 6.45) is 3.99. The van der Waals surface area contributed by atoms with Crippen molar-refractivity contribution in [3.8, 4) is 0 Å². The van der Waals surface area contributed by atoms with Crippen LogP contribution in [0, 0.1) is 5.92 Å². The highest BCUT2D eigenvalue weighted by Gasteiger charge is 2.30. The normalized spacial score (nSPS) is 25.1. The van der Waals surface area contributed by atoms with Crippen molar-refractivity contribution in [3.63, 3.8) is 0 Å². The van der Waals surface area contributed by atoms with Crippen LogP contribution in [0.25, 0.3) is 0 Å². The van der Waals surface area contributed by atoms with E-state index in [4.69, 9.17) is 0 Å². The van der Waals surface area contributed by atoms with E-state index >= 15 is 0 Å². The summed E-state index contributed by atoms with van der Waals surface area (Å²) in [7, 11) is 1.64. The molecule has 1 unspecified atom stereocenters. The molecule has 1 saturated carbocycles. The number of carbonyl (C=O) groups excluding carboxylic acids is 2. The lowest BCUT2D eigenvalue weighted by molar-refractivity contribution is -0.125. The summed E-state index contributed by atoms with van der Waals surface area (Å²) >= 11 is 0. The standard InChI is InChI=1S/C11H19N3O2/c1-12-10(15)8-3-2-6-14(7-8)11(16)13-9-4-5-9/h8-9H,2-7H2,1H3,(H,12,15)(H,13,16). The predicted molar refractivity (Wildman–Crippen MR) is 59.9 cm³/mol. The van der Waals surface area contributed by atoms with E-state index in [-0.39, 0.29) is 17.9 Å². The first kappa shape index (κ1) is 11.2. The summed E-state index contributed by atoms with van der Waals surface area (Å²) in [5, 5.41) is 5.61. The van der Waals surface area contributed by atoms with E-state index in [1.165, 1.54) is 0 Å². The van der Waals surface area contributed by atoms with Gasteiger partial charge in [-0.05, 0) is 25.7 Å². The molecule has 1 saturated heterocycles. The van der Waals surface area contributed by atoms with Gasteiger partial charge >= 0.3 is 6.03 Å². The number of rotatable bonds is 2. The first-order valence-electron chi connectivity index (χ1n) is 5.97. The van der Waals surface area contributed by atoms with Crippen LogP contribution in [-0.2, 0) is 4.79 Å². The molecule has 0 bridgehead atoms. The van der Waals surface area contributed by atoms with Gasteiger partial charge in [-0.25, -0.2) is 4.79 Å². The lowest BCUT2D eigenvalue weighted by atomic mass is 9.97. The summed E-state index contributed by atoms with van der Waals surface area (Å²) in [6, 6.07) is 0.379. The first-order chi connectivity index (χ1) is 7.70. The zero-order valence-electron chi connectivity index (χ0n) is 9.66. The second kappa shape index (κ2) is 4.72. The molecule has 5 heteroatoms. The molecule has 2 aliphatic rings. The van der Waals surface area contributed by atoms with Crippen LogP contribution >= 0.6 is 0 Å². The average molecular weight is 225 g/mol. The Morgan fingerprint density at radius 3 is 2.62 bits per heavy atom. The fraction of sp³-hybridized carbons (Fsp3) is 0.818. The second-order valence-electron chi connectivity index (χ2n) is 4.62. The van der Waals surface area contributed by atoms with Crippen LogP contribution in [-0.4, -0.2) is 43.0 Å². The van der Waals surface area contributed by atoms with Gasteiger partial charge in [-0.2, -0.15) is 0 Å². The van der Waals surface area contributed by atoms with Crippen LogP contribution in [0.5, 0.6) is 0 Å². The molecule has 0 radical (unpaired) electrons. The molecule has 0 spiro atoms. The summed E-state index contributed by atoms with van der Waals surface area (Å²) in [5.74, 6) is 0.00706. The molecule has 1 aliphatic heterocycles. The van der Waals surface area contributed by atoms with Crippen LogP contribution in [0.2, 0.25) is 0 Å². The minimum Gasteiger partial charge on any atom is -0.359 e. The number of urea groups is 1. The molecule has 0 aromatic rings. The van der Waals surface area contributed by atoms with Gasteiger partial charge in [0, 0.05) is 26.2 Å². The van der Waals surface area contributed by atoms with Gasteiger partial charge in [0.25, 0.3) is 0 Å². The zero-order valence-corrected chi connectivity index (χ0v) is 9.66. The number of amides is 3. The highest BCUT2D eigenvalue weighted by Crippen LogP contribution is 2.21. The summed E-state index contributed by atoms with van der Waals surface area (Å²) in [5.41, 5.74) is 0. The molecule has 0 aromatic carbocycles. The third-order valence-corrected chi connectivity index (χ3v) is 3.23. The second-order valence-corrected chi connectivity index (χ2v) is 4.62. The van der Waals surface area contributed by atoms with Crippen molar-refractivity contribution in [2.45, 2.75) is 31.7 Å². The molecule has 16 heavy (non-hydrogen) atoms. The molecule has 1 atom stereocenters. The SMILES string of the molecule is CNC(=O)C1CCCN(C(=O)NC2CC2)C1. The van der Waals surface area contributed by atoms with E-state index in [0.717, 1.165) is 32.2 Å². The van der Waals surface area contributed by atoms with E-state index in [0.29, 0.717) is 12.6 Å². The van der Waals surface area contributed by atoms with Crippen LogP contribution in [0.15, 0.2) is 0 Å². The number of hydrogen-bond donors (Lipinski definition) is 2. The number of hydrogen-bond acceptors (Lipinski definition) is 2. The van der Waals surface area contributed by atoms with Gasteiger partial charge in [-0.15, -0.1) is 0 Å². The summed E-state index contributed by atoms with van der Waals surface area (Å²) in [4.78, 5) is 25.1. The lowest BCUT2D eigenvalue weighted by Gasteiger charge is -2.31. The lowest BCUT2D eigenvalue weighted by Crippen LogP contribution is -2.49. The monoisotopic (exact) mass is 225 g/mol. The fourth-order valence-electron chi connectivity index (χ4n) is 2.07. The van der Waals surface area contributed by atoms with Crippen LogP contribution in [0.4, 0.5) is 4.79 Å². The van der Waals surface area contributed by atoms with Gasteiger partial charge in [0.1, 0.15) is 0 Å². The number of nitrogens with zero attached hydrogens (tertiary/aromatic N) is 1. The molecule has 2 rings (SSSR count). The largest absolute Gasteiger partial charge is 0.359 e. The predicted octanol–water partition coefficient (Wildman–Crippen LogP) is 0.316. The van der Waals surface area contributed by atoms with Gasteiger partial charge in [-0.1, -0.05) is 0 Å².